The second kappa shape index (κ2) is 4.92. The number of nitrogens with two attached hydrogens (primary N) is 1. The van der Waals surface area contributed by atoms with Gasteiger partial charge in [0.1, 0.15) is 0 Å². The van der Waals surface area contributed by atoms with Gasteiger partial charge >= 0.3 is 0 Å². The molecule has 7 nitrogen and oxygen atoms in total. The van der Waals surface area contributed by atoms with Gasteiger partial charge in [-0.2, -0.15) is 0 Å². The van der Waals surface area contributed by atoms with E-state index in [4.69, 9.17) is 10.2 Å². The zero-order chi connectivity index (χ0) is 13.1. The van der Waals surface area contributed by atoms with E-state index >= 15 is 0 Å². The van der Waals surface area contributed by atoms with Crippen LogP contribution in [0.1, 0.15) is 25.3 Å². The smallest absolute Gasteiger partial charge is 0.269 e. The lowest BCUT2D eigenvalue weighted by molar-refractivity contribution is -0.384. The number of hydrogen-bond acceptors (Lipinski definition) is 6. The molecule has 1 atom stereocenters. The van der Waals surface area contributed by atoms with Crippen LogP contribution < -0.4 is 5.73 Å². The quantitative estimate of drug-likeness (QED) is 0.655. The molecule has 7 heteroatoms. The van der Waals surface area contributed by atoms with Crippen LogP contribution in [-0.4, -0.2) is 15.1 Å². The summed E-state index contributed by atoms with van der Waals surface area (Å²) in [5.74, 6) is 0.676. The first kappa shape index (κ1) is 12.2. The predicted molar refractivity (Wildman–Crippen MR) is 63.6 cm³/mol. The summed E-state index contributed by atoms with van der Waals surface area (Å²) >= 11 is 0. The van der Waals surface area contributed by atoms with Crippen molar-refractivity contribution in [3.63, 3.8) is 0 Å². The fourth-order valence-electron chi connectivity index (χ4n) is 1.40. The van der Waals surface area contributed by atoms with Gasteiger partial charge in [0.25, 0.3) is 5.69 Å². The van der Waals surface area contributed by atoms with Crippen molar-refractivity contribution in [1.29, 1.82) is 0 Å². The zero-order valence-electron chi connectivity index (χ0n) is 9.74. The van der Waals surface area contributed by atoms with Crippen LogP contribution in [0.15, 0.2) is 28.7 Å². The normalized spacial score (nSPS) is 12.3. The Bertz CT molecular complexity index is 550. The summed E-state index contributed by atoms with van der Waals surface area (Å²) in [5.41, 5.74) is 6.41. The van der Waals surface area contributed by atoms with E-state index in [9.17, 15) is 10.1 Å². The van der Waals surface area contributed by atoms with Crippen LogP contribution in [0.25, 0.3) is 11.5 Å². The third-order valence-corrected chi connectivity index (χ3v) is 2.52. The molecule has 1 unspecified atom stereocenters. The Balaban J connectivity index is 2.26. The number of rotatable bonds is 4. The minimum atomic E-state index is -0.462. The van der Waals surface area contributed by atoms with Gasteiger partial charge in [-0.15, -0.1) is 10.2 Å². The van der Waals surface area contributed by atoms with Gasteiger partial charge in [0.15, 0.2) is 0 Å². The van der Waals surface area contributed by atoms with E-state index in [0.29, 0.717) is 23.8 Å². The maximum absolute atomic E-state index is 10.5. The van der Waals surface area contributed by atoms with Crippen molar-refractivity contribution in [3.05, 3.63) is 40.3 Å². The molecule has 0 amide bonds. The first-order chi connectivity index (χ1) is 8.61. The van der Waals surface area contributed by atoms with E-state index < -0.39 is 4.92 Å². The minimum absolute atomic E-state index is 0.0174. The van der Waals surface area contributed by atoms with Gasteiger partial charge in [-0.25, -0.2) is 0 Å². The van der Waals surface area contributed by atoms with Gasteiger partial charge in [0.2, 0.25) is 11.8 Å². The van der Waals surface area contributed by atoms with E-state index in [-0.39, 0.29) is 11.7 Å². The third-order valence-electron chi connectivity index (χ3n) is 2.52. The van der Waals surface area contributed by atoms with E-state index in [2.05, 4.69) is 10.2 Å². The summed E-state index contributed by atoms with van der Waals surface area (Å²) in [7, 11) is 0. The number of hydrogen-bond donors (Lipinski definition) is 1. The average Bonchev–Trinajstić information content (AvgIpc) is 2.87. The number of nitro benzene ring substituents is 1. The molecule has 0 spiro atoms. The van der Waals surface area contributed by atoms with Crippen LogP contribution >= 0.6 is 0 Å². The van der Waals surface area contributed by atoms with Gasteiger partial charge < -0.3 is 10.2 Å². The molecule has 1 aromatic heterocycles. The van der Waals surface area contributed by atoms with Crippen molar-refractivity contribution in [2.24, 2.45) is 5.73 Å². The molecule has 0 bridgehead atoms. The largest absolute Gasteiger partial charge is 0.419 e. The summed E-state index contributed by atoms with van der Waals surface area (Å²) in [4.78, 5) is 10.1. The van der Waals surface area contributed by atoms with Crippen molar-refractivity contribution in [2.45, 2.75) is 19.4 Å². The van der Waals surface area contributed by atoms with Crippen molar-refractivity contribution < 1.29 is 9.34 Å². The molecule has 0 fully saturated rings. The van der Waals surface area contributed by atoms with Crippen LogP contribution in [0.2, 0.25) is 0 Å². The second-order valence-corrected chi connectivity index (χ2v) is 3.76. The van der Waals surface area contributed by atoms with Crippen LogP contribution in [0.4, 0.5) is 5.69 Å². The Hall–Kier alpha value is -2.28. The number of nitrogens with zero attached hydrogens (tertiary/aromatic N) is 3. The minimum Gasteiger partial charge on any atom is -0.419 e. The van der Waals surface area contributed by atoms with Crippen molar-refractivity contribution in [2.75, 3.05) is 0 Å². The average molecular weight is 248 g/mol. The van der Waals surface area contributed by atoms with Crippen molar-refractivity contribution in [1.82, 2.24) is 10.2 Å². The van der Waals surface area contributed by atoms with Gasteiger partial charge in [0, 0.05) is 17.7 Å². The Morgan fingerprint density at radius 2 is 2.06 bits per heavy atom. The standard InChI is InChI=1S/C11H12N4O3/c1-2-9(12)11-14-13-10(18-11)7-3-5-8(6-4-7)15(16)17/h3-6,9H,2,12H2,1H3. The van der Waals surface area contributed by atoms with Crippen molar-refractivity contribution in [3.8, 4) is 11.5 Å². The van der Waals surface area contributed by atoms with Gasteiger partial charge in [-0.1, -0.05) is 6.92 Å². The van der Waals surface area contributed by atoms with E-state index in [0.717, 1.165) is 0 Å². The molecule has 94 valence electrons. The lowest BCUT2D eigenvalue weighted by Crippen LogP contribution is -2.08. The summed E-state index contributed by atoms with van der Waals surface area (Å²) in [6.45, 7) is 1.92. The number of aromatic nitrogens is 2. The maximum atomic E-state index is 10.5. The van der Waals surface area contributed by atoms with Gasteiger partial charge in [-0.3, -0.25) is 10.1 Å². The first-order valence-corrected chi connectivity index (χ1v) is 5.45. The first-order valence-electron chi connectivity index (χ1n) is 5.45. The molecule has 0 aliphatic carbocycles. The van der Waals surface area contributed by atoms with Gasteiger partial charge in [0.05, 0.1) is 11.0 Å². The summed E-state index contributed by atoms with van der Waals surface area (Å²) < 4.78 is 5.41. The molecular formula is C11H12N4O3. The second-order valence-electron chi connectivity index (χ2n) is 3.76. The van der Waals surface area contributed by atoms with Crippen LogP contribution in [-0.2, 0) is 0 Å². The molecule has 2 rings (SSSR count). The van der Waals surface area contributed by atoms with Crippen molar-refractivity contribution >= 4 is 5.69 Å². The fourth-order valence-corrected chi connectivity index (χ4v) is 1.40. The van der Waals surface area contributed by atoms with Gasteiger partial charge in [-0.05, 0) is 18.6 Å². The lowest BCUT2D eigenvalue weighted by Gasteiger charge is -2.00. The molecule has 2 aromatic rings. The monoisotopic (exact) mass is 248 g/mol. The molecule has 0 saturated carbocycles. The molecule has 0 saturated heterocycles. The fraction of sp³-hybridized carbons (Fsp3) is 0.273. The SMILES string of the molecule is CCC(N)c1nnc(-c2ccc([N+](=O)[O-])cc2)o1. The highest BCUT2D eigenvalue weighted by Gasteiger charge is 2.14. The number of benzene rings is 1. The highest BCUT2D eigenvalue weighted by atomic mass is 16.6. The molecular weight excluding hydrogens is 236 g/mol. The molecule has 2 N–H and O–H groups in total. The molecule has 0 aliphatic rings. The van der Waals surface area contributed by atoms with E-state index in [1.807, 2.05) is 6.92 Å². The van der Waals surface area contributed by atoms with Crippen LogP contribution in [0.3, 0.4) is 0 Å². The molecule has 0 radical (unpaired) electrons. The summed E-state index contributed by atoms with van der Waals surface area (Å²) in [6, 6.07) is 5.61. The highest BCUT2D eigenvalue weighted by Crippen LogP contribution is 2.23. The molecule has 0 aliphatic heterocycles. The van der Waals surface area contributed by atoms with Crippen LogP contribution in [0, 0.1) is 10.1 Å². The predicted octanol–water partition coefficient (Wildman–Crippen LogP) is 2.05. The Morgan fingerprint density at radius 3 is 2.61 bits per heavy atom. The maximum Gasteiger partial charge on any atom is 0.269 e. The molecule has 1 heterocycles. The summed E-state index contributed by atoms with van der Waals surface area (Å²) in [6.07, 6.45) is 0.696. The third kappa shape index (κ3) is 2.35. The topological polar surface area (TPSA) is 108 Å². The molecule has 1 aromatic carbocycles. The molecule has 18 heavy (non-hydrogen) atoms. The summed E-state index contributed by atoms with van der Waals surface area (Å²) in [5, 5.41) is 18.2. The lowest BCUT2D eigenvalue weighted by atomic mass is 10.2. The van der Waals surface area contributed by atoms with E-state index in [1.54, 1.807) is 12.1 Å². The van der Waals surface area contributed by atoms with E-state index in [1.165, 1.54) is 12.1 Å². The number of non-ortho nitro benzene ring substituents is 1. The Kier molecular flexibility index (Phi) is 3.33. The van der Waals surface area contributed by atoms with Crippen LogP contribution in [0.5, 0.6) is 0 Å². The Morgan fingerprint density at radius 1 is 1.39 bits per heavy atom. The zero-order valence-corrected chi connectivity index (χ0v) is 9.74. The Labute approximate surface area is 103 Å². The highest BCUT2D eigenvalue weighted by molar-refractivity contribution is 5.55. The number of nitro groups is 1.